The number of hydrogen-bond donors (Lipinski definition) is 1. The number of rotatable bonds is 8. The number of epoxide rings is 1. The number of aliphatic hydroxyl groups excluding tert-OH is 1. The molecule has 2 fully saturated rings. The third kappa shape index (κ3) is 5.05. The molecule has 2 heterocycles. The smallest absolute Gasteiger partial charge is 0.191 e. The first kappa shape index (κ1) is 21.3. The molecule has 1 N–H and O–H groups in total. The highest BCUT2D eigenvalue weighted by Gasteiger charge is 2.48. The van der Waals surface area contributed by atoms with Crippen molar-refractivity contribution < 1.29 is 23.7 Å². The first-order valence-electron chi connectivity index (χ1n) is 9.79. The van der Waals surface area contributed by atoms with Crippen LogP contribution in [0.25, 0.3) is 0 Å². The van der Waals surface area contributed by atoms with Gasteiger partial charge in [0.1, 0.15) is 0 Å². The van der Waals surface area contributed by atoms with Crippen LogP contribution in [0.2, 0.25) is 18.1 Å². The monoisotopic (exact) mass is 374 g/mol. The maximum Gasteiger partial charge on any atom is 0.191 e. The minimum atomic E-state index is -1.82. The topological polar surface area (TPSA) is 60.5 Å². The lowest BCUT2D eigenvalue weighted by atomic mass is 9.92. The third-order valence-corrected chi connectivity index (χ3v) is 10.8. The van der Waals surface area contributed by atoms with E-state index in [-0.39, 0.29) is 35.9 Å². The summed E-state index contributed by atoms with van der Waals surface area (Å²) in [6, 6.07) is 0. The van der Waals surface area contributed by atoms with Crippen LogP contribution < -0.4 is 0 Å². The molecule has 0 unspecified atom stereocenters. The first-order chi connectivity index (χ1) is 11.6. The highest BCUT2D eigenvalue weighted by Crippen LogP contribution is 2.41. The van der Waals surface area contributed by atoms with E-state index in [0.717, 1.165) is 19.4 Å². The summed E-state index contributed by atoms with van der Waals surface area (Å²) in [6.07, 6.45) is 2.29. The maximum absolute atomic E-state index is 9.70. The summed E-state index contributed by atoms with van der Waals surface area (Å²) in [5.41, 5.74) is 0. The molecule has 0 amide bonds. The molecule has 0 aliphatic carbocycles. The molecule has 0 bridgehead atoms. The van der Waals surface area contributed by atoms with Gasteiger partial charge < -0.3 is 23.7 Å². The fourth-order valence-corrected chi connectivity index (χ4v) is 4.24. The van der Waals surface area contributed by atoms with Gasteiger partial charge in [0.05, 0.1) is 31.5 Å². The molecule has 0 spiro atoms. The molecule has 2 aliphatic rings. The summed E-state index contributed by atoms with van der Waals surface area (Å²) in [7, 11) is -1.82. The van der Waals surface area contributed by atoms with Crippen molar-refractivity contribution in [2.24, 2.45) is 5.92 Å². The zero-order valence-electron chi connectivity index (χ0n) is 17.1. The van der Waals surface area contributed by atoms with Gasteiger partial charge in [-0.2, -0.15) is 0 Å². The van der Waals surface area contributed by atoms with Gasteiger partial charge in [-0.15, -0.1) is 0 Å². The third-order valence-electron chi connectivity index (χ3n) is 6.28. The average molecular weight is 375 g/mol. The van der Waals surface area contributed by atoms with E-state index in [1.807, 2.05) is 0 Å². The van der Waals surface area contributed by atoms with E-state index in [0.29, 0.717) is 13.0 Å². The van der Waals surface area contributed by atoms with Crippen LogP contribution in [0.3, 0.4) is 0 Å². The van der Waals surface area contributed by atoms with Gasteiger partial charge in [0.25, 0.3) is 0 Å². The van der Waals surface area contributed by atoms with Gasteiger partial charge in [-0.05, 0) is 31.0 Å². The van der Waals surface area contributed by atoms with Crippen LogP contribution in [-0.2, 0) is 18.6 Å². The molecule has 0 aromatic heterocycles. The van der Waals surface area contributed by atoms with Crippen molar-refractivity contribution >= 4 is 8.32 Å². The summed E-state index contributed by atoms with van der Waals surface area (Å²) in [5.74, 6) is -0.398. The summed E-state index contributed by atoms with van der Waals surface area (Å²) >= 11 is 0. The van der Waals surface area contributed by atoms with Crippen molar-refractivity contribution in [1.82, 2.24) is 0 Å². The van der Waals surface area contributed by atoms with Crippen LogP contribution in [-0.4, -0.2) is 57.3 Å². The minimum absolute atomic E-state index is 0.00284. The van der Waals surface area contributed by atoms with Crippen molar-refractivity contribution in [3.05, 3.63) is 0 Å². The zero-order chi connectivity index (χ0) is 18.9. The largest absolute Gasteiger partial charge is 0.416 e. The molecule has 25 heavy (non-hydrogen) atoms. The summed E-state index contributed by atoms with van der Waals surface area (Å²) in [6.45, 7) is 17.0. The van der Waals surface area contributed by atoms with Crippen LogP contribution in [0.1, 0.15) is 53.9 Å². The Morgan fingerprint density at radius 2 is 1.76 bits per heavy atom. The summed E-state index contributed by atoms with van der Waals surface area (Å²) in [5, 5.41) is 9.88. The predicted octanol–water partition coefficient (Wildman–Crippen LogP) is 3.71. The number of aliphatic hydroxyl groups is 1. The second-order valence-corrected chi connectivity index (χ2v) is 13.8. The lowest BCUT2D eigenvalue weighted by Crippen LogP contribution is -2.53. The van der Waals surface area contributed by atoms with E-state index in [1.165, 1.54) is 0 Å². The van der Waals surface area contributed by atoms with Gasteiger partial charge in [0.2, 0.25) is 0 Å². The van der Waals surface area contributed by atoms with E-state index < -0.39 is 14.1 Å². The second-order valence-electron chi connectivity index (χ2n) is 9.04. The van der Waals surface area contributed by atoms with Gasteiger partial charge in [0, 0.05) is 18.9 Å². The molecule has 0 aromatic carbocycles. The summed E-state index contributed by atoms with van der Waals surface area (Å²) in [4.78, 5) is 0. The minimum Gasteiger partial charge on any atom is -0.416 e. The zero-order valence-corrected chi connectivity index (χ0v) is 18.1. The van der Waals surface area contributed by atoms with Crippen LogP contribution >= 0.6 is 0 Å². The Hall–Kier alpha value is 0.0169. The normalized spacial score (nSPS) is 31.0. The highest BCUT2D eigenvalue weighted by atomic mass is 28.4. The van der Waals surface area contributed by atoms with Gasteiger partial charge in [-0.25, -0.2) is 0 Å². The van der Waals surface area contributed by atoms with Crippen molar-refractivity contribution in [2.75, 3.05) is 19.8 Å². The van der Waals surface area contributed by atoms with Gasteiger partial charge in [-0.3, -0.25) is 0 Å². The molecule has 6 heteroatoms. The van der Waals surface area contributed by atoms with Crippen molar-refractivity contribution in [1.29, 1.82) is 0 Å². The average Bonchev–Trinajstić information content (AvgIpc) is 3.38. The van der Waals surface area contributed by atoms with Crippen LogP contribution in [0, 0.1) is 5.92 Å². The van der Waals surface area contributed by atoms with Gasteiger partial charge in [0.15, 0.2) is 14.1 Å². The van der Waals surface area contributed by atoms with Crippen LogP contribution in [0.5, 0.6) is 0 Å². The molecule has 0 radical (unpaired) electrons. The van der Waals surface area contributed by atoms with Crippen molar-refractivity contribution in [3.63, 3.8) is 0 Å². The molecular weight excluding hydrogens is 336 g/mol. The van der Waals surface area contributed by atoms with Crippen LogP contribution in [0.15, 0.2) is 0 Å². The number of ether oxygens (including phenoxy) is 3. The summed E-state index contributed by atoms with van der Waals surface area (Å²) < 4.78 is 24.6. The van der Waals surface area contributed by atoms with E-state index in [4.69, 9.17) is 18.6 Å². The Morgan fingerprint density at radius 3 is 2.20 bits per heavy atom. The van der Waals surface area contributed by atoms with E-state index in [1.54, 1.807) is 0 Å². The fraction of sp³-hybridized carbons (Fsp3) is 1.00. The predicted molar refractivity (Wildman–Crippen MR) is 101 cm³/mol. The Bertz CT molecular complexity index is 426. The van der Waals surface area contributed by atoms with Crippen molar-refractivity contribution in [3.8, 4) is 0 Å². The molecule has 2 saturated heterocycles. The maximum atomic E-state index is 9.70. The fourth-order valence-electron chi connectivity index (χ4n) is 3.20. The number of hydrogen-bond acceptors (Lipinski definition) is 5. The lowest BCUT2D eigenvalue weighted by molar-refractivity contribution is -0.333. The quantitative estimate of drug-likeness (QED) is 0.518. The van der Waals surface area contributed by atoms with Crippen molar-refractivity contribution in [2.45, 2.75) is 96.1 Å². The van der Waals surface area contributed by atoms with Gasteiger partial charge >= 0.3 is 0 Å². The second kappa shape index (κ2) is 7.95. The SMILES string of the molecule is CCC1(CC)O[C@@H](CO)C[C@@H]([C@H](CO[Si](C)(C)C(C)(C)C)[C@@H]2CO2)O1. The first-order valence-corrected chi connectivity index (χ1v) is 12.7. The Morgan fingerprint density at radius 1 is 1.16 bits per heavy atom. The molecule has 2 aliphatic heterocycles. The Kier molecular flexibility index (Phi) is 6.78. The molecule has 0 saturated carbocycles. The molecule has 4 atom stereocenters. The van der Waals surface area contributed by atoms with E-state index in [9.17, 15) is 5.11 Å². The van der Waals surface area contributed by atoms with E-state index in [2.05, 4.69) is 47.7 Å². The highest BCUT2D eigenvalue weighted by molar-refractivity contribution is 6.74. The molecule has 0 aromatic rings. The molecule has 2 rings (SSSR count). The molecular formula is C19H38O5Si. The molecule has 148 valence electrons. The van der Waals surface area contributed by atoms with Crippen LogP contribution in [0.4, 0.5) is 0 Å². The Balaban J connectivity index is 2.10. The standard InChI is InChI=1S/C19H38O5Si/c1-8-19(9-2)23-14(11-20)10-16(24-19)15(17-13-21-17)12-22-25(6,7)18(3,4)5/h14-17,20H,8-13H2,1-7H3/t14-,15+,16+,17+/m1/s1. The lowest BCUT2D eigenvalue weighted by Gasteiger charge is -2.46. The Labute approximate surface area is 154 Å². The van der Waals surface area contributed by atoms with E-state index >= 15 is 0 Å². The van der Waals surface area contributed by atoms with Gasteiger partial charge in [-0.1, -0.05) is 34.6 Å². The molecule has 5 nitrogen and oxygen atoms in total.